The van der Waals surface area contributed by atoms with Crippen molar-refractivity contribution >= 4 is 17.5 Å². The lowest BCUT2D eigenvalue weighted by Gasteiger charge is -2.13. The van der Waals surface area contributed by atoms with Crippen LogP contribution in [0.25, 0.3) is 0 Å². The van der Waals surface area contributed by atoms with Crippen molar-refractivity contribution in [1.29, 1.82) is 0 Å². The number of carbonyl (C=O) groups excluding carboxylic acids is 2. The largest absolute Gasteiger partial charge is 0.352 e. The van der Waals surface area contributed by atoms with E-state index in [1.165, 1.54) is 0 Å². The number of nitrogens with one attached hydrogen (secondary N) is 2. The predicted molar refractivity (Wildman–Crippen MR) is 90.0 cm³/mol. The molecule has 1 aromatic carbocycles. The smallest absolute Gasteiger partial charge is 0.233 e. The minimum absolute atomic E-state index is 0.201. The molecule has 0 aliphatic heterocycles. The molecule has 0 radical (unpaired) electrons. The van der Waals surface area contributed by atoms with Crippen molar-refractivity contribution < 1.29 is 9.59 Å². The van der Waals surface area contributed by atoms with Gasteiger partial charge in [0.2, 0.25) is 11.8 Å². The minimum atomic E-state index is -0.316. The Morgan fingerprint density at radius 2 is 1.78 bits per heavy atom. The van der Waals surface area contributed by atoms with Crippen molar-refractivity contribution in [2.75, 3.05) is 5.32 Å². The van der Waals surface area contributed by atoms with Gasteiger partial charge >= 0.3 is 0 Å². The molecule has 2 N–H and O–H groups in total. The molecule has 0 aliphatic carbocycles. The number of aryl methyl sites for hydroxylation is 3. The van der Waals surface area contributed by atoms with E-state index in [2.05, 4.69) is 15.6 Å². The molecule has 0 unspecified atom stereocenters. The van der Waals surface area contributed by atoms with Gasteiger partial charge in [-0.25, -0.2) is 0 Å². The molecule has 2 amide bonds. The van der Waals surface area contributed by atoms with E-state index in [1.54, 1.807) is 18.5 Å². The molecule has 2 aromatic rings. The number of amides is 2. The Morgan fingerprint density at radius 3 is 2.39 bits per heavy atom. The number of nitrogens with zero attached hydrogens (tertiary/aromatic N) is 1. The van der Waals surface area contributed by atoms with Gasteiger partial charge in [0, 0.05) is 24.6 Å². The first-order chi connectivity index (χ1) is 11.0. The zero-order valence-electron chi connectivity index (χ0n) is 13.6. The fraction of sp³-hybridized carbons (Fsp3) is 0.278. The summed E-state index contributed by atoms with van der Waals surface area (Å²) in [7, 11) is 0. The standard InChI is InChI=1S/C18H21N3O2/c1-12-7-13(2)18(14(3)8-12)21-17(23)9-16(22)20-11-15-5-4-6-19-10-15/h4-8,10H,9,11H2,1-3H3,(H,20,22)(H,21,23). The van der Waals surface area contributed by atoms with Crippen LogP contribution >= 0.6 is 0 Å². The lowest BCUT2D eigenvalue weighted by atomic mass is 10.0. The van der Waals surface area contributed by atoms with Crippen LogP contribution in [0.4, 0.5) is 5.69 Å². The summed E-state index contributed by atoms with van der Waals surface area (Å²) in [6.07, 6.45) is 3.15. The van der Waals surface area contributed by atoms with E-state index in [-0.39, 0.29) is 18.2 Å². The second kappa shape index (κ2) is 7.54. The summed E-state index contributed by atoms with van der Waals surface area (Å²) in [5.41, 5.74) is 4.80. The summed E-state index contributed by atoms with van der Waals surface area (Å²) in [6, 6.07) is 7.68. The first-order valence-corrected chi connectivity index (χ1v) is 7.49. The van der Waals surface area contributed by atoms with Gasteiger partial charge in [0.15, 0.2) is 0 Å². The van der Waals surface area contributed by atoms with Crippen molar-refractivity contribution in [2.45, 2.75) is 33.7 Å². The topological polar surface area (TPSA) is 71.1 Å². The lowest BCUT2D eigenvalue weighted by molar-refractivity contribution is -0.126. The molecule has 0 bridgehead atoms. The number of hydrogen-bond donors (Lipinski definition) is 2. The number of anilines is 1. The van der Waals surface area contributed by atoms with E-state index < -0.39 is 0 Å². The third-order valence-electron chi connectivity index (χ3n) is 3.48. The van der Waals surface area contributed by atoms with Crippen molar-refractivity contribution in [1.82, 2.24) is 10.3 Å². The quantitative estimate of drug-likeness (QED) is 0.834. The van der Waals surface area contributed by atoms with Gasteiger partial charge in [-0.15, -0.1) is 0 Å². The Kier molecular flexibility index (Phi) is 5.46. The van der Waals surface area contributed by atoms with Crippen molar-refractivity contribution in [3.8, 4) is 0 Å². The maximum atomic E-state index is 12.0. The highest BCUT2D eigenvalue weighted by atomic mass is 16.2. The van der Waals surface area contributed by atoms with Gasteiger partial charge < -0.3 is 10.6 Å². The van der Waals surface area contributed by atoms with Gasteiger partial charge in [0.1, 0.15) is 6.42 Å². The summed E-state index contributed by atoms with van der Waals surface area (Å²) in [4.78, 5) is 27.9. The molecule has 0 aliphatic rings. The molecule has 0 saturated carbocycles. The lowest BCUT2D eigenvalue weighted by Crippen LogP contribution is -2.28. The fourth-order valence-corrected chi connectivity index (χ4v) is 2.47. The van der Waals surface area contributed by atoms with Crippen LogP contribution in [0.5, 0.6) is 0 Å². The highest BCUT2D eigenvalue weighted by molar-refractivity contribution is 6.04. The number of benzene rings is 1. The van der Waals surface area contributed by atoms with E-state index >= 15 is 0 Å². The molecule has 2 rings (SSSR count). The molecule has 23 heavy (non-hydrogen) atoms. The van der Waals surface area contributed by atoms with Crippen LogP contribution in [0.1, 0.15) is 28.7 Å². The van der Waals surface area contributed by atoms with Gasteiger partial charge in [-0.2, -0.15) is 0 Å². The molecule has 5 heteroatoms. The zero-order valence-corrected chi connectivity index (χ0v) is 13.6. The van der Waals surface area contributed by atoms with E-state index in [0.717, 1.165) is 27.9 Å². The van der Waals surface area contributed by atoms with Gasteiger partial charge in [-0.3, -0.25) is 14.6 Å². The minimum Gasteiger partial charge on any atom is -0.352 e. The third kappa shape index (κ3) is 4.92. The number of carbonyl (C=O) groups is 2. The van der Waals surface area contributed by atoms with Gasteiger partial charge in [0.25, 0.3) is 0 Å². The summed E-state index contributed by atoms with van der Waals surface area (Å²) < 4.78 is 0. The van der Waals surface area contributed by atoms with E-state index in [1.807, 2.05) is 39.0 Å². The van der Waals surface area contributed by atoms with Crippen molar-refractivity contribution in [2.24, 2.45) is 0 Å². The van der Waals surface area contributed by atoms with Crippen molar-refractivity contribution in [3.05, 3.63) is 58.9 Å². The Bertz CT molecular complexity index is 688. The molecule has 0 saturated heterocycles. The van der Waals surface area contributed by atoms with Crippen LogP contribution in [0.2, 0.25) is 0 Å². The SMILES string of the molecule is Cc1cc(C)c(NC(=O)CC(=O)NCc2cccnc2)c(C)c1. The van der Waals surface area contributed by atoms with Crippen LogP contribution in [0.15, 0.2) is 36.7 Å². The maximum absolute atomic E-state index is 12.0. The Balaban J connectivity index is 1.88. The van der Waals surface area contributed by atoms with Gasteiger partial charge in [-0.05, 0) is 43.5 Å². The molecule has 5 nitrogen and oxygen atoms in total. The highest BCUT2D eigenvalue weighted by Gasteiger charge is 2.12. The number of hydrogen-bond acceptors (Lipinski definition) is 3. The van der Waals surface area contributed by atoms with E-state index in [0.29, 0.717) is 6.54 Å². The van der Waals surface area contributed by atoms with E-state index in [4.69, 9.17) is 0 Å². The van der Waals surface area contributed by atoms with Crippen LogP contribution in [-0.2, 0) is 16.1 Å². The van der Waals surface area contributed by atoms with Crippen LogP contribution in [-0.4, -0.2) is 16.8 Å². The highest BCUT2D eigenvalue weighted by Crippen LogP contribution is 2.21. The molecule has 120 valence electrons. The number of aromatic nitrogens is 1. The molecular weight excluding hydrogens is 290 g/mol. The molecule has 1 heterocycles. The first-order valence-electron chi connectivity index (χ1n) is 7.49. The normalized spacial score (nSPS) is 10.2. The average Bonchev–Trinajstić information content (AvgIpc) is 2.50. The average molecular weight is 311 g/mol. The predicted octanol–water partition coefficient (Wildman–Crippen LogP) is 2.65. The number of rotatable bonds is 5. The van der Waals surface area contributed by atoms with Crippen LogP contribution in [0, 0.1) is 20.8 Å². The maximum Gasteiger partial charge on any atom is 0.233 e. The van der Waals surface area contributed by atoms with Gasteiger partial charge in [0.05, 0.1) is 0 Å². The summed E-state index contributed by atoms with van der Waals surface area (Å²) >= 11 is 0. The molecule has 0 fully saturated rings. The molecule has 0 atom stereocenters. The molecular formula is C18H21N3O2. The fourth-order valence-electron chi connectivity index (χ4n) is 2.47. The zero-order chi connectivity index (χ0) is 16.8. The third-order valence-corrected chi connectivity index (χ3v) is 3.48. The van der Waals surface area contributed by atoms with Crippen LogP contribution < -0.4 is 10.6 Å². The summed E-state index contributed by atoms with van der Waals surface area (Å²) in [5, 5.41) is 5.54. The van der Waals surface area contributed by atoms with E-state index in [9.17, 15) is 9.59 Å². The van der Waals surface area contributed by atoms with Crippen LogP contribution in [0.3, 0.4) is 0 Å². The number of pyridine rings is 1. The second-order valence-electron chi connectivity index (χ2n) is 5.64. The van der Waals surface area contributed by atoms with Crippen molar-refractivity contribution in [3.63, 3.8) is 0 Å². The first kappa shape index (κ1) is 16.7. The molecule has 1 aromatic heterocycles. The monoisotopic (exact) mass is 311 g/mol. The molecule has 0 spiro atoms. The Hall–Kier alpha value is -2.69. The van der Waals surface area contributed by atoms with Gasteiger partial charge in [-0.1, -0.05) is 23.8 Å². The Morgan fingerprint density at radius 1 is 1.09 bits per heavy atom. The Labute approximate surface area is 136 Å². The summed E-state index contributed by atoms with van der Waals surface area (Å²) in [6.45, 7) is 6.26. The second-order valence-corrected chi connectivity index (χ2v) is 5.64. The summed E-state index contributed by atoms with van der Waals surface area (Å²) in [5.74, 6) is -0.627.